The highest BCUT2D eigenvalue weighted by molar-refractivity contribution is 5.69. The van der Waals surface area contributed by atoms with Crippen molar-refractivity contribution in [1.82, 2.24) is 9.97 Å². The topological polar surface area (TPSA) is 63.9 Å². The number of nitrogens with two attached hydrogens (primary N) is 1. The van der Waals surface area contributed by atoms with Gasteiger partial charge in [-0.2, -0.15) is 0 Å². The minimum Gasteiger partial charge on any atom is -0.495 e. The lowest BCUT2D eigenvalue weighted by Crippen LogP contribution is -1.93. The van der Waals surface area contributed by atoms with Gasteiger partial charge in [0, 0.05) is 11.3 Å². The normalized spacial score (nSPS) is 10.3. The van der Waals surface area contributed by atoms with Crippen LogP contribution in [0.4, 0.5) is 5.69 Å². The number of benzene rings is 1. The maximum Gasteiger partial charge on any atom is 0.141 e. The van der Waals surface area contributed by atoms with Gasteiger partial charge in [-0.05, 0) is 25.1 Å². The molecule has 0 aliphatic carbocycles. The number of methoxy groups -OCH3 is 1. The van der Waals surface area contributed by atoms with Crippen molar-refractivity contribution in [1.29, 1.82) is 0 Å². The van der Waals surface area contributed by atoms with E-state index < -0.39 is 0 Å². The Balaban J connectivity index is 2.47. The van der Waals surface area contributed by atoms with Gasteiger partial charge in [0.2, 0.25) is 0 Å². The maximum atomic E-state index is 5.83. The molecule has 0 unspecified atom stereocenters. The van der Waals surface area contributed by atoms with Crippen LogP contribution in [-0.2, 0) is 0 Å². The van der Waals surface area contributed by atoms with Crippen molar-refractivity contribution in [2.45, 2.75) is 6.92 Å². The fraction of sp³-hybridized carbons (Fsp3) is 0.182. The van der Waals surface area contributed by atoms with E-state index in [0.29, 0.717) is 11.4 Å². The summed E-state index contributed by atoms with van der Waals surface area (Å²) in [6.07, 6.45) is 1.67. The molecule has 0 aliphatic heterocycles. The Labute approximate surface area is 88.1 Å². The molecule has 3 N–H and O–H groups in total. The lowest BCUT2D eigenvalue weighted by molar-refractivity contribution is 0.417. The van der Waals surface area contributed by atoms with Crippen LogP contribution in [0.1, 0.15) is 5.69 Å². The number of H-pyrrole nitrogens is 1. The second-order valence-electron chi connectivity index (χ2n) is 3.33. The molecule has 2 rings (SSSR count). The fourth-order valence-corrected chi connectivity index (χ4v) is 1.53. The number of aromatic nitrogens is 2. The number of imidazole rings is 1. The number of nitrogen functional groups attached to an aromatic ring is 1. The van der Waals surface area contributed by atoms with E-state index in [1.54, 1.807) is 13.4 Å². The molecule has 4 nitrogen and oxygen atoms in total. The Hall–Kier alpha value is -1.97. The van der Waals surface area contributed by atoms with Crippen molar-refractivity contribution < 1.29 is 4.74 Å². The molecule has 0 saturated heterocycles. The van der Waals surface area contributed by atoms with Crippen molar-refractivity contribution >= 4 is 5.69 Å². The van der Waals surface area contributed by atoms with Crippen LogP contribution in [0.25, 0.3) is 11.3 Å². The van der Waals surface area contributed by atoms with Crippen LogP contribution >= 0.6 is 0 Å². The Bertz CT molecular complexity index is 476. The molecule has 0 bridgehead atoms. The number of hydrogen-bond donors (Lipinski definition) is 2. The van der Waals surface area contributed by atoms with Crippen molar-refractivity contribution in [3.05, 3.63) is 30.2 Å². The molecular formula is C11H13N3O. The van der Waals surface area contributed by atoms with Gasteiger partial charge in [-0.25, -0.2) is 4.98 Å². The van der Waals surface area contributed by atoms with Crippen LogP contribution in [-0.4, -0.2) is 17.1 Å². The summed E-state index contributed by atoms with van der Waals surface area (Å²) in [6, 6.07) is 5.65. The molecule has 0 fully saturated rings. The molecule has 1 heterocycles. The molecule has 1 aromatic carbocycles. The molecule has 1 aromatic heterocycles. The number of hydrogen-bond acceptors (Lipinski definition) is 3. The van der Waals surface area contributed by atoms with E-state index in [1.807, 2.05) is 25.1 Å². The minimum absolute atomic E-state index is 0.623. The Morgan fingerprint density at radius 2 is 2.20 bits per heavy atom. The zero-order valence-corrected chi connectivity index (χ0v) is 8.74. The molecule has 2 aromatic rings. The summed E-state index contributed by atoms with van der Waals surface area (Å²) in [5.74, 6) is 0.687. The number of nitrogens with zero attached hydrogens (tertiary/aromatic N) is 1. The lowest BCUT2D eigenvalue weighted by Gasteiger charge is -2.06. The van der Waals surface area contributed by atoms with E-state index in [-0.39, 0.29) is 0 Å². The van der Waals surface area contributed by atoms with Crippen LogP contribution in [0, 0.1) is 6.92 Å². The predicted molar refractivity (Wildman–Crippen MR) is 59.7 cm³/mol. The van der Waals surface area contributed by atoms with Gasteiger partial charge in [0.1, 0.15) is 5.75 Å². The van der Waals surface area contributed by atoms with Crippen LogP contribution in [0.15, 0.2) is 24.5 Å². The first kappa shape index (κ1) is 9.58. The van der Waals surface area contributed by atoms with E-state index >= 15 is 0 Å². The quantitative estimate of drug-likeness (QED) is 0.733. The molecule has 0 radical (unpaired) electrons. The lowest BCUT2D eigenvalue weighted by atomic mass is 10.1. The SMILES string of the molecule is COc1ccc(-c2nc[nH]c2C)cc1N. The Morgan fingerprint density at radius 1 is 1.40 bits per heavy atom. The first-order chi connectivity index (χ1) is 7.22. The van der Waals surface area contributed by atoms with Gasteiger partial charge in [0.15, 0.2) is 0 Å². The molecular weight excluding hydrogens is 190 g/mol. The molecule has 0 aliphatic rings. The average Bonchev–Trinajstić information content (AvgIpc) is 2.64. The van der Waals surface area contributed by atoms with Gasteiger partial charge in [-0.15, -0.1) is 0 Å². The third kappa shape index (κ3) is 1.66. The summed E-state index contributed by atoms with van der Waals surface area (Å²) in [4.78, 5) is 7.26. The number of aryl methyl sites for hydroxylation is 1. The standard InChI is InChI=1S/C11H13N3O/c1-7-11(14-6-13-7)8-3-4-10(15-2)9(12)5-8/h3-6H,12H2,1-2H3,(H,13,14). The first-order valence-electron chi connectivity index (χ1n) is 4.66. The van der Waals surface area contributed by atoms with Crippen molar-refractivity contribution in [3.8, 4) is 17.0 Å². The van der Waals surface area contributed by atoms with Crippen molar-refractivity contribution in [2.24, 2.45) is 0 Å². The first-order valence-corrected chi connectivity index (χ1v) is 4.66. The van der Waals surface area contributed by atoms with E-state index in [4.69, 9.17) is 10.5 Å². The third-order valence-corrected chi connectivity index (χ3v) is 2.33. The van der Waals surface area contributed by atoms with Crippen LogP contribution in [0.2, 0.25) is 0 Å². The number of ether oxygens (including phenoxy) is 1. The van der Waals surface area contributed by atoms with Crippen molar-refractivity contribution in [3.63, 3.8) is 0 Å². The molecule has 0 atom stereocenters. The fourth-order valence-electron chi connectivity index (χ4n) is 1.53. The number of anilines is 1. The highest BCUT2D eigenvalue weighted by Gasteiger charge is 2.06. The Morgan fingerprint density at radius 3 is 2.73 bits per heavy atom. The van der Waals surface area contributed by atoms with Gasteiger partial charge in [0.05, 0.1) is 24.8 Å². The van der Waals surface area contributed by atoms with Gasteiger partial charge in [0.25, 0.3) is 0 Å². The summed E-state index contributed by atoms with van der Waals surface area (Å²) in [6.45, 7) is 1.97. The van der Waals surface area contributed by atoms with Gasteiger partial charge in [-0.1, -0.05) is 0 Å². The van der Waals surface area contributed by atoms with Gasteiger partial charge < -0.3 is 15.5 Å². The Kier molecular flexibility index (Phi) is 2.33. The van der Waals surface area contributed by atoms with Crippen LogP contribution in [0.5, 0.6) is 5.75 Å². The molecule has 78 valence electrons. The third-order valence-electron chi connectivity index (χ3n) is 2.33. The van der Waals surface area contributed by atoms with Crippen LogP contribution < -0.4 is 10.5 Å². The largest absolute Gasteiger partial charge is 0.495 e. The second kappa shape index (κ2) is 3.65. The summed E-state index contributed by atoms with van der Waals surface area (Å²) >= 11 is 0. The summed E-state index contributed by atoms with van der Waals surface area (Å²) in [7, 11) is 1.60. The van der Waals surface area contributed by atoms with E-state index in [0.717, 1.165) is 17.0 Å². The smallest absolute Gasteiger partial charge is 0.141 e. The number of aromatic amines is 1. The highest BCUT2D eigenvalue weighted by Crippen LogP contribution is 2.28. The minimum atomic E-state index is 0.623. The summed E-state index contributed by atoms with van der Waals surface area (Å²) in [5.41, 5.74) is 9.39. The highest BCUT2D eigenvalue weighted by atomic mass is 16.5. The average molecular weight is 203 g/mol. The van der Waals surface area contributed by atoms with Gasteiger partial charge in [-0.3, -0.25) is 0 Å². The van der Waals surface area contributed by atoms with E-state index in [1.165, 1.54) is 0 Å². The summed E-state index contributed by atoms with van der Waals surface area (Å²) < 4.78 is 5.09. The van der Waals surface area contributed by atoms with E-state index in [9.17, 15) is 0 Å². The number of rotatable bonds is 2. The molecule has 0 spiro atoms. The maximum absolute atomic E-state index is 5.83. The monoisotopic (exact) mass is 203 g/mol. The predicted octanol–water partition coefficient (Wildman–Crippen LogP) is 1.98. The summed E-state index contributed by atoms with van der Waals surface area (Å²) in [5, 5.41) is 0. The molecule has 0 saturated carbocycles. The second-order valence-corrected chi connectivity index (χ2v) is 3.33. The zero-order chi connectivity index (χ0) is 10.8. The van der Waals surface area contributed by atoms with Crippen molar-refractivity contribution in [2.75, 3.05) is 12.8 Å². The number of nitrogens with one attached hydrogen (secondary N) is 1. The van der Waals surface area contributed by atoms with Crippen LogP contribution in [0.3, 0.4) is 0 Å². The zero-order valence-electron chi connectivity index (χ0n) is 8.74. The van der Waals surface area contributed by atoms with E-state index in [2.05, 4.69) is 9.97 Å². The molecule has 4 heteroatoms. The molecule has 0 amide bonds. The van der Waals surface area contributed by atoms with Gasteiger partial charge >= 0.3 is 0 Å². The molecule has 15 heavy (non-hydrogen) atoms.